The van der Waals surface area contributed by atoms with Crippen LogP contribution in [0.1, 0.15) is 38.8 Å². The highest BCUT2D eigenvalue weighted by atomic mass is 16.5. The van der Waals surface area contributed by atoms with Crippen molar-refractivity contribution in [3.8, 4) is 5.75 Å². The van der Waals surface area contributed by atoms with Gasteiger partial charge >= 0.3 is 0 Å². The predicted octanol–water partition coefficient (Wildman–Crippen LogP) is 3.32. The third-order valence-electron chi connectivity index (χ3n) is 4.00. The molecule has 0 aromatic heterocycles. The summed E-state index contributed by atoms with van der Waals surface area (Å²) in [5, 5.41) is 3.43. The van der Waals surface area contributed by atoms with Crippen LogP contribution in [0.25, 0.3) is 0 Å². The number of nitrogens with one attached hydrogen (secondary N) is 1. The minimum Gasteiger partial charge on any atom is -0.497 e. The van der Waals surface area contributed by atoms with Crippen molar-refractivity contribution in [1.29, 1.82) is 0 Å². The van der Waals surface area contributed by atoms with Gasteiger partial charge in [-0.1, -0.05) is 39.3 Å². The fourth-order valence-corrected chi connectivity index (χ4v) is 2.38. The van der Waals surface area contributed by atoms with Gasteiger partial charge in [0, 0.05) is 19.1 Å². The molecular weight excluding hydrogens is 248 g/mol. The Hall–Kier alpha value is -1.06. The quantitative estimate of drug-likeness (QED) is 0.750. The number of hydrogen-bond donors (Lipinski definition) is 1. The van der Waals surface area contributed by atoms with Crippen molar-refractivity contribution in [1.82, 2.24) is 10.2 Å². The van der Waals surface area contributed by atoms with Crippen LogP contribution in [0.15, 0.2) is 24.3 Å². The average Bonchev–Trinajstić information content (AvgIpc) is 2.50. The molecule has 2 unspecified atom stereocenters. The minimum atomic E-state index is 0.342. The van der Waals surface area contributed by atoms with Crippen LogP contribution in [-0.2, 0) is 0 Å². The van der Waals surface area contributed by atoms with Crippen molar-refractivity contribution in [3.05, 3.63) is 29.8 Å². The monoisotopic (exact) mass is 278 g/mol. The van der Waals surface area contributed by atoms with Crippen LogP contribution < -0.4 is 10.1 Å². The third kappa shape index (κ3) is 5.14. The normalized spacial score (nSPS) is 14.3. The van der Waals surface area contributed by atoms with Gasteiger partial charge in [-0.15, -0.1) is 0 Å². The lowest BCUT2D eigenvalue weighted by atomic mass is 10.0. The maximum Gasteiger partial charge on any atom is 0.119 e. The number of rotatable bonds is 9. The van der Waals surface area contributed by atoms with E-state index in [9.17, 15) is 0 Å². The van der Waals surface area contributed by atoms with E-state index >= 15 is 0 Å². The summed E-state index contributed by atoms with van der Waals surface area (Å²) in [4.78, 5) is 2.52. The molecule has 1 N–H and O–H groups in total. The molecule has 3 heteroatoms. The van der Waals surface area contributed by atoms with E-state index in [1.807, 2.05) is 13.1 Å². The first-order valence-electron chi connectivity index (χ1n) is 7.68. The van der Waals surface area contributed by atoms with Crippen LogP contribution in [0.3, 0.4) is 0 Å². The Morgan fingerprint density at radius 2 is 2.00 bits per heavy atom. The Balaban J connectivity index is 2.73. The molecule has 114 valence electrons. The molecule has 3 nitrogen and oxygen atoms in total. The summed E-state index contributed by atoms with van der Waals surface area (Å²) in [6.07, 6.45) is 1.24. The van der Waals surface area contributed by atoms with Crippen molar-refractivity contribution >= 4 is 0 Å². The number of ether oxygens (including phenoxy) is 1. The average molecular weight is 278 g/mol. The first-order valence-corrected chi connectivity index (χ1v) is 7.68. The molecular formula is C17H30N2O. The van der Waals surface area contributed by atoms with Crippen LogP contribution in [0.5, 0.6) is 5.75 Å². The predicted molar refractivity (Wildman–Crippen MR) is 86.4 cm³/mol. The molecule has 0 spiro atoms. The molecule has 0 radical (unpaired) electrons. The molecule has 1 aromatic carbocycles. The summed E-state index contributed by atoms with van der Waals surface area (Å²) in [7, 11) is 3.75. The van der Waals surface area contributed by atoms with Crippen molar-refractivity contribution in [3.63, 3.8) is 0 Å². The van der Waals surface area contributed by atoms with Crippen LogP contribution in [0.4, 0.5) is 0 Å². The van der Waals surface area contributed by atoms with Gasteiger partial charge in [0.2, 0.25) is 0 Å². The molecule has 0 aliphatic rings. The molecule has 0 saturated carbocycles. The Morgan fingerprint density at radius 1 is 1.25 bits per heavy atom. The molecule has 0 bridgehead atoms. The molecule has 0 fully saturated rings. The number of benzene rings is 1. The first kappa shape index (κ1) is 17.0. The van der Waals surface area contributed by atoms with E-state index in [1.165, 1.54) is 12.0 Å². The standard InChI is InChI=1S/C17H30N2O/c1-6-14(3)12-19(7-2)13-17(18-4)15-9-8-10-16(11-15)20-5/h8-11,14,17-18H,6-7,12-13H2,1-5H3. The summed E-state index contributed by atoms with van der Waals surface area (Å²) in [6.45, 7) is 10.1. The SMILES string of the molecule is CCC(C)CN(CC)CC(NC)c1cccc(OC)c1. The second kappa shape index (κ2) is 8.98. The molecule has 2 atom stereocenters. The zero-order chi connectivity index (χ0) is 15.0. The zero-order valence-corrected chi connectivity index (χ0v) is 13.6. The van der Waals surface area contributed by atoms with Crippen LogP contribution >= 0.6 is 0 Å². The summed E-state index contributed by atoms with van der Waals surface area (Å²) in [5.41, 5.74) is 1.29. The van der Waals surface area contributed by atoms with E-state index in [0.29, 0.717) is 6.04 Å². The van der Waals surface area contributed by atoms with Gasteiger partial charge in [-0.2, -0.15) is 0 Å². The molecule has 0 aliphatic carbocycles. The molecule has 20 heavy (non-hydrogen) atoms. The van der Waals surface area contributed by atoms with Gasteiger partial charge in [-0.05, 0) is 37.2 Å². The molecule has 0 amide bonds. The van der Waals surface area contributed by atoms with Crippen LogP contribution in [-0.4, -0.2) is 38.7 Å². The van der Waals surface area contributed by atoms with Gasteiger partial charge in [0.15, 0.2) is 0 Å². The van der Waals surface area contributed by atoms with Crippen LogP contribution in [0, 0.1) is 5.92 Å². The number of hydrogen-bond acceptors (Lipinski definition) is 3. The lowest BCUT2D eigenvalue weighted by molar-refractivity contribution is 0.223. The summed E-state index contributed by atoms with van der Waals surface area (Å²) in [5.74, 6) is 1.67. The number of likely N-dealkylation sites (N-methyl/N-ethyl adjacent to an activating group) is 2. The summed E-state index contributed by atoms with van der Waals surface area (Å²) >= 11 is 0. The van der Waals surface area contributed by atoms with Crippen molar-refractivity contribution < 1.29 is 4.74 Å². The van der Waals surface area contributed by atoms with Gasteiger partial charge in [0.25, 0.3) is 0 Å². The van der Waals surface area contributed by atoms with Gasteiger partial charge in [0.1, 0.15) is 5.75 Å². The topological polar surface area (TPSA) is 24.5 Å². The molecule has 0 aliphatic heterocycles. The van der Waals surface area contributed by atoms with E-state index < -0.39 is 0 Å². The maximum atomic E-state index is 5.32. The minimum absolute atomic E-state index is 0.342. The second-order valence-corrected chi connectivity index (χ2v) is 5.48. The Kier molecular flexibility index (Phi) is 7.63. The summed E-state index contributed by atoms with van der Waals surface area (Å²) in [6, 6.07) is 8.68. The highest BCUT2D eigenvalue weighted by Gasteiger charge is 2.15. The smallest absolute Gasteiger partial charge is 0.119 e. The first-order chi connectivity index (χ1) is 9.64. The number of nitrogens with zero attached hydrogens (tertiary/aromatic N) is 1. The van der Waals surface area contributed by atoms with E-state index in [1.54, 1.807) is 7.11 Å². The molecule has 1 rings (SSSR count). The second-order valence-electron chi connectivity index (χ2n) is 5.48. The lowest BCUT2D eigenvalue weighted by Gasteiger charge is -2.28. The Morgan fingerprint density at radius 3 is 2.55 bits per heavy atom. The maximum absolute atomic E-state index is 5.32. The van der Waals surface area contributed by atoms with Crippen molar-refractivity contribution in [2.24, 2.45) is 5.92 Å². The number of methoxy groups -OCH3 is 1. The zero-order valence-electron chi connectivity index (χ0n) is 13.6. The Bertz CT molecular complexity index is 381. The van der Waals surface area contributed by atoms with Gasteiger partial charge < -0.3 is 15.0 Å². The van der Waals surface area contributed by atoms with Gasteiger partial charge in [-0.25, -0.2) is 0 Å². The fourth-order valence-electron chi connectivity index (χ4n) is 2.38. The molecule has 0 saturated heterocycles. The van der Waals surface area contributed by atoms with Crippen molar-refractivity contribution in [2.45, 2.75) is 33.2 Å². The summed E-state index contributed by atoms with van der Waals surface area (Å²) < 4.78 is 5.32. The Labute approximate surface area is 124 Å². The highest BCUT2D eigenvalue weighted by Crippen LogP contribution is 2.20. The lowest BCUT2D eigenvalue weighted by Crippen LogP contribution is -2.36. The van der Waals surface area contributed by atoms with Gasteiger partial charge in [-0.3, -0.25) is 0 Å². The van der Waals surface area contributed by atoms with E-state index in [0.717, 1.165) is 31.3 Å². The van der Waals surface area contributed by atoms with E-state index in [2.05, 4.69) is 49.2 Å². The van der Waals surface area contributed by atoms with Crippen molar-refractivity contribution in [2.75, 3.05) is 33.8 Å². The van der Waals surface area contributed by atoms with E-state index in [-0.39, 0.29) is 0 Å². The van der Waals surface area contributed by atoms with Gasteiger partial charge in [0.05, 0.1) is 7.11 Å². The molecule has 0 heterocycles. The van der Waals surface area contributed by atoms with Crippen LogP contribution in [0.2, 0.25) is 0 Å². The fraction of sp³-hybridized carbons (Fsp3) is 0.647. The molecule has 1 aromatic rings. The third-order valence-corrected chi connectivity index (χ3v) is 4.00. The largest absolute Gasteiger partial charge is 0.497 e. The highest BCUT2D eigenvalue weighted by molar-refractivity contribution is 5.30. The van der Waals surface area contributed by atoms with E-state index in [4.69, 9.17) is 4.74 Å².